The Morgan fingerprint density at radius 1 is 1.06 bits per heavy atom. The fourth-order valence-corrected chi connectivity index (χ4v) is 10.7. The van der Waals surface area contributed by atoms with E-state index in [-0.39, 0.29) is 43.8 Å². The number of hydrogen-bond donors (Lipinski definition) is 1. The summed E-state index contributed by atoms with van der Waals surface area (Å²) in [6.07, 6.45) is -2.30. The minimum atomic E-state index is -1.16. The summed E-state index contributed by atoms with van der Waals surface area (Å²) < 4.78 is 53.4. The van der Waals surface area contributed by atoms with Crippen LogP contribution in [0.3, 0.4) is 0 Å². The number of likely N-dealkylation sites (N-methyl/N-ethyl adjacent to an activating group) is 1. The highest BCUT2D eigenvalue weighted by Gasteiger charge is 2.60. The molecule has 2 aromatic heterocycles. The van der Waals surface area contributed by atoms with Crippen LogP contribution in [0.15, 0.2) is 46.7 Å². The van der Waals surface area contributed by atoms with Crippen molar-refractivity contribution in [2.45, 2.75) is 141 Å². The number of hydrogen-bond acceptors (Lipinski definition) is 15. The van der Waals surface area contributed by atoms with E-state index in [0.717, 1.165) is 5.71 Å². The molecule has 0 spiro atoms. The molecule has 346 valence electrons. The molecule has 14 atom stereocenters. The SMILES string of the molecule is CC[C@H]1OC(=O)[C@H](C)[C@H]2OC/C(=N\OCc3cccc(-c4ccc(F)nc4)n3)CO[C@](C)(C[C@@H](C)C3=NCCN4C(=O)O[C@@]1(C)[C@H]4[C@H]3C)[C@H](O[C@H]1O[C@@H](C)C[C@@H](N(C)C)[C@@H]1O)[C@H]2C. The first-order chi connectivity index (χ1) is 29.9. The molecule has 7 heterocycles. The zero-order valence-electron chi connectivity index (χ0n) is 38.2. The number of fused-ring (bicyclic) bond motifs is 4. The predicted octanol–water partition coefficient (Wildman–Crippen LogP) is 5.44. The number of esters is 1. The summed E-state index contributed by atoms with van der Waals surface area (Å²) in [7, 11) is 3.85. The van der Waals surface area contributed by atoms with Crippen molar-refractivity contribution in [3.8, 4) is 11.3 Å². The average Bonchev–Trinajstić information content (AvgIpc) is 3.39. The molecule has 16 nitrogen and oxygen atoms in total. The van der Waals surface area contributed by atoms with E-state index in [9.17, 15) is 19.1 Å². The second kappa shape index (κ2) is 19.1. The third-order valence-electron chi connectivity index (χ3n) is 13.8. The Morgan fingerprint density at radius 2 is 1.84 bits per heavy atom. The number of aliphatic hydroxyl groups is 1. The van der Waals surface area contributed by atoms with Crippen LogP contribution in [0.4, 0.5) is 9.18 Å². The van der Waals surface area contributed by atoms with Gasteiger partial charge in [-0.3, -0.25) is 14.7 Å². The number of carbonyl (C=O) groups is 2. The summed E-state index contributed by atoms with van der Waals surface area (Å²) in [6, 6.07) is 7.62. The summed E-state index contributed by atoms with van der Waals surface area (Å²) in [5.41, 5.74) is 0.840. The zero-order chi connectivity index (χ0) is 45.4. The maximum atomic E-state index is 14.6. The molecule has 63 heavy (non-hydrogen) atoms. The number of nitrogens with zero attached hydrogens (tertiary/aromatic N) is 6. The molecular formula is C46H65FN6O10. The van der Waals surface area contributed by atoms with Crippen LogP contribution in [0.5, 0.6) is 0 Å². The molecule has 17 heteroatoms. The first kappa shape index (κ1) is 46.9. The van der Waals surface area contributed by atoms with Crippen molar-refractivity contribution in [2.75, 3.05) is 40.4 Å². The van der Waals surface area contributed by atoms with E-state index in [1.165, 1.54) is 12.3 Å². The number of pyridine rings is 2. The lowest BCUT2D eigenvalue weighted by Crippen LogP contribution is -2.60. The van der Waals surface area contributed by atoms with E-state index < -0.39 is 77.8 Å². The minimum Gasteiger partial charge on any atom is -0.458 e. The Kier molecular flexibility index (Phi) is 14.2. The lowest BCUT2D eigenvalue weighted by atomic mass is 9.72. The van der Waals surface area contributed by atoms with Crippen LogP contribution in [-0.2, 0) is 44.7 Å². The van der Waals surface area contributed by atoms with Gasteiger partial charge in [0.05, 0.1) is 67.0 Å². The number of amides is 1. The summed E-state index contributed by atoms with van der Waals surface area (Å²) >= 11 is 0. The van der Waals surface area contributed by atoms with Crippen LogP contribution in [0.25, 0.3) is 11.3 Å². The highest BCUT2D eigenvalue weighted by Crippen LogP contribution is 2.45. The highest BCUT2D eigenvalue weighted by atomic mass is 19.1. The molecule has 5 aliphatic rings. The van der Waals surface area contributed by atoms with Gasteiger partial charge in [0.25, 0.3) is 0 Å². The number of aromatic nitrogens is 2. The molecule has 2 aromatic rings. The van der Waals surface area contributed by atoms with E-state index >= 15 is 0 Å². The number of carbonyl (C=O) groups excluding carboxylic acids is 2. The number of aliphatic hydroxyl groups excluding tert-OH is 1. The molecule has 0 aromatic carbocycles. The molecule has 1 amide bonds. The van der Waals surface area contributed by atoms with Crippen molar-refractivity contribution in [3.63, 3.8) is 0 Å². The third kappa shape index (κ3) is 9.64. The molecule has 4 bridgehead atoms. The Labute approximate surface area is 369 Å². The largest absolute Gasteiger partial charge is 0.458 e. The molecule has 1 N–H and O–H groups in total. The lowest BCUT2D eigenvalue weighted by Gasteiger charge is -2.48. The van der Waals surface area contributed by atoms with Crippen molar-refractivity contribution in [3.05, 3.63) is 48.2 Å². The Bertz CT molecular complexity index is 2010. The maximum absolute atomic E-state index is 14.6. The second-order valence-electron chi connectivity index (χ2n) is 18.7. The monoisotopic (exact) mass is 880 g/mol. The minimum absolute atomic E-state index is 0.00827. The fraction of sp³-hybridized carbons (Fsp3) is 0.696. The third-order valence-corrected chi connectivity index (χ3v) is 13.8. The van der Waals surface area contributed by atoms with Crippen LogP contribution in [0.1, 0.15) is 80.3 Å². The molecule has 0 aliphatic carbocycles. The van der Waals surface area contributed by atoms with Crippen LogP contribution < -0.4 is 0 Å². The van der Waals surface area contributed by atoms with E-state index in [2.05, 4.69) is 29.0 Å². The van der Waals surface area contributed by atoms with Crippen molar-refractivity contribution >= 4 is 23.5 Å². The van der Waals surface area contributed by atoms with E-state index in [1.54, 1.807) is 30.0 Å². The second-order valence-corrected chi connectivity index (χ2v) is 18.7. The number of cyclic esters (lactones) is 1. The highest BCUT2D eigenvalue weighted by molar-refractivity contribution is 5.91. The molecule has 0 unspecified atom stereocenters. The number of rotatable bonds is 8. The Balaban J connectivity index is 1.28. The lowest BCUT2D eigenvalue weighted by molar-refractivity contribution is -0.302. The molecule has 5 aliphatic heterocycles. The molecule has 4 saturated heterocycles. The normalized spacial score (nSPS) is 38.5. The number of ether oxygens (including phenoxy) is 6. The van der Waals surface area contributed by atoms with Gasteiger partial charge in [-0.25, -0.2) is 14.8 Å². The van der Waals surface area contributed by atoms with Gasteiger partial charge in [0.2, 0.25) is 5.95 Å². The van der Waals surface area contributed by atoms with Crippen molar-refractivity contribution in [1.29, 1.82) is 0 Å². The summed E-state index contributed by atoms with van der Waals surface area (Å²) in [5, 5.41) is 16.3. The summed E-state index contributed by atoms with van der Waals surface area (Å²) in [5.74, 6) is -3.00. The van der Waals surface area contributed by atoms with E-state index in [4.69, 9.17) is 38.3 Å². The average molecular weight is 881 g/mol. The molecular weight excluding hydrogens is 816 g/mol. The van der Waals surface area contributed by atoms with Gasteiger partial charge in [-0.2, -0.15) is 4.39 Å². The smallest absolute Gasteiger partial charge is 0.410 e. The van der Waals surface area contributed by atoms with Crippen molar-refractivity contribution in [2.24, 2.45) is 33.8 Å². The first-order valence-electron chi connectivity index (χ1n) is 22.3. The van der Waals surface area contributed by atoms with Crippen LogP contribution in [0, 0.1) is 29.6 Å². The molecule has 7 rings (SSSR count). The number of halogens is 1. The maximum Gasteiger partial charge on any atom is 0.410 e. The van der Waals surface area contributed by atoms with Gasteiger partial charge in [0.15, 0.2) is 18.5 Å². The number of oxime groups is 1. The molecule has 0 saturated carbocycles. The van der Waals surface area contributed by atoms with Crippen molar-refractivity contribution < 1.29 is 52.3 Å². The molecule has 0 radical (unpaired) electrons. The van der Waals surface area contributed by atoms with Gasteiger partial charge in [-0.1, -0.05) is 38.9 Å². The van der Waals surface area contributed by atoms with E-state index in [0.29, 0.717) is 55.0 Å². The zero-order valence-corrected chi connectivity index (χ0v) is 38.2. The Morgan fingerprint density at radius 3 is 2.56 bits per heavy atom. The van der Waals surface area contributed by atoms with Gasteiger partial charge >= 0.3 is 12.1 Å². The Hall–Kier alpha value is -4.13. The van der Waals surface area contributed by atoms with Gasteiger partial charge in [-0.05, 0) is 91.2 Å². The number of aliphatic imine (C=N–C) groups is 1. The molecule has 4 fully saturated rings. The summed E-state index contributed by atoms with van der Waals surface area (Å²) in [4.78, 5) is 51.3. The van der Waals surface area contributed by atoms with Crippen molar-refractivity contribution in [1.82, 2.24) is 19.8 Å². The summed E-state index contributed by atoms with van der Waals surface area (Å²) in [6.45, 7) is 16.3. The van der Waals surface area contributed by atoms with E-state index in [1.807, 2.05) is 59.7 Å². The quantitative estimate of drug-likeness (QED) is 0.202. The van der Waals surface area contributed by atoms with Gasteiger partial charge in [-0.15, -0.1) is 0 Å². The van der Waals surface area contributed by atoms with Gasteiger partial charge in [0, 0.05) is 41.9 Å². The standard InChI is InChI=1S/C46H65FN6O10/c1-11-35-46(8)40-27(4)37(48-17-18-53(40)44(56)63-46)25(2)20-45(7)41(62-43-38(54)34(52(9)10)19-26(3)60-43)28(5)39(29(6)42(55)61-35)57-22-32(23-58-45)51-59-24-31-13-12-14-33(50-31)30-15-16-36(47)49-21-30/h12-16,21,25-29,34-35,38-41,43,54H,11,17-20,22-24H2,1-10H3/b51-32+/t25-,26+,27+,28+,29-,34-,35-,38+,39+,40-,41-,43-,45-,46-/m1/s1. The van der Waals surface area contributed by atoms with Gasteiger partial charge in [0.1, 0.15) is 17.9 Å². The first-order valence-corrected chi connectivity index (χ1v) is 22.3. The topological polar surface area (TPSA) is 176 Å². The fourth-order valence-electron chi connectivity index (χ4n) is 10.7. The predicted molar refractivity (Wildman–Crippen MR) is 230 cm³/mol. The van der Waals surface area contributed by atoms with Crippen LogP contribution in [-0.4, -0.2) is 149 Å². The van der Waals surface area contributed by atoms with Crippen LogP contribution >= 0.6 is 0 Å². The van der Waals surface area contributed by atoms with Gasteiger partial charge < -0.3 is 43.3 Å². The van der Waals surface area contributed by atoms with Crippen LogP contribution in [0.2, 0.25) is 0 Å².